The zero-order valence-corrected chi connectivity index (χ0v) is 10.8. The highest BCUT2D eigenvalue weighted by Crippen LogP contribution is 2.39. The predicted molar refractivity (Wildman–Crippen MR) is 71.1 cm³/mol. The summed E-state index contributed by atoms with van der Waals surface area (Å²) in [7, 11) is 1.82. The Bertz CT molecular complexity index is 661. The molecule has 2 N–H and O–H groups in total. The first-order chi connectivity index (χ1) is 9.06. The minimum absolute atomic E-state index is 0.0242. The minimum atomic E-state index is -0.0513. The summed E-state index contributed by atoms with van der Waals surface area (Å²) in [6.45, 7) is 1.94. The van der Waals surface area contributed by atoms with E-state index in [-0.39, 0.29) is 17.6 Å². The summed E-state index contributed by atoms with van der Waals surface area (Å²) in [5.41, 5.74) is 2.88. The van der Waals surface area contributed by atoms with Crippen molar-refractivity contribution in [1.82, 2.24) is 9.78 Å². The Hall–Kier alpha value is -2.30. The molecule has 1 atom stereocenters. The maximum atomic E-state index is 11.8. The zero-order chi connectivity index (χ0) is 13.6. The van der Waals surface area contributed by atoms with E-state index in [1.54, 1.807) is 22.9 Å². The van der Waals surface area contributed by atoms with Crippen molar-refractivity contribution >= 4 is 11.7 Å². The normalized spacial score (nSPS) is 18.0. The molecule has 98 valence electrons. The van der Waals surface area contributed by atoms with Crippen molar-refractivity contribution in [2.45, 2.75) is 19.3 Å². The van der Waals surface area contributed by atoms with Gasteiger partial charge in [-0.3, -0.25) is 9.48 Å². The number of hydrogen-bond acceptors (Lipinski definition) is 3. The lowest BCUT2D eigenvalue weighted by atomic mass is 9.86. The Morgan fingerprint density at radius 3 is 3.00 bits per heavy atom. The average Bonchev–Trinajstić information content (AvgIpc) is 2.64. The van der Waals surface area contributed by atoms with Gasteiger partial charge in [0.15, 0.2) is 0 Å². The summed E-state index contributed by atoms with van der Waals surface area (Å²) < 4.78 is 1.69. The van der Waals surface area contributed by atoms with Crippen LogP contribution in [-0.4, -0.2) is 20.8 Å². The van der Waals surface area contributed by atoms with Crippen molar-refractivity contribution in [1.29, 1.82) is 0 Å². The van der Waals surface area contributed by atoms with E-state index in [1.807, 2.05) is 20.0 Å². The molecule has 1 aliphatic heterocycles. The molecule has 0 saturated heterocycles. The summed E-state index contributed by atoms with van der Waals surface area (Å²) in [4.78, 5) is 11.8. The van der Waals surface area contributed by atoms with Crippen LogP contribution in [0.5, 0.6) is 5.75 Å². The fourth-order valence-electron chi connectivity index (χ4n) is 2.74. The number of benzene rings is 1. The molecule has 0 saturated carbocycles. The summed E-state index contributed by atoms with van der Waals surface area (Å²) >= 11 is 0. The van der Waals surface area contributed by atoms with E-state index in [0.717, 1.165) is 22.6 Å². The third kappa shape index (κ3) is 1.87. The number of carbonyl (C=O) groups excluding carboxylic acids is 1. The molecule has 19 heavy (non-hydrogen) atoms. The van der Waals surface area contributed by atoms with E-state index in [9.17, 15) is 9.90 Å². The predicted octanol–water partition coefficient (Wildman–Crippen LogP) is 1.91. The molecule has 1 aliphatic rings. The van der Waals surface area contributed by atoms with E-state index < -0.39 is 0 Å². The number of rotatable bonds is 1. The van der Waals surface area contributed by atoms with Crippen LogP contribution in [0.1, 0.15) is 29.2 Å². The Labute approximate surface area is 110 Å². The van der Waals surface area contributed by atoms with Crippen molar-refractivity contribution in [3.8, 4) is 5.75 Å². The summed E-state index contributed by atoms with van der Waals surface area (Å²) in [5, 5.41) is 16.8. The van der Waals surface area contributed by atoms with Gasteiger partial charge in [-0.1, -0.05) is 12.1 Å². The first-order valence-electron chi connectivity index (χ1n) is 6.18. The number of aromatic nitrogens is 2. The van der Waals surface area contributed by atoms with Gasteiger partial charge in [-0.15, -0.1) is 0 Å². The Morgan fingerprint density at radius 1 is 1.47 bits per heavy atom. The number of nitrogens with one attached hydrogen (secondary N) is 1. The van der Waals surface area contributed by atoms with Gasteiger partial charge in [0.05, 0.1) is 5.69 Å². The van der Waals surface area contributed by atoms with Gasteiger partial charge >= 0.3 is 0 Å². The number of anilines is 1. The fraction of sp³-hybridized carbons (Fsp3) is 0.286. The highest BCUT2D eigenvalue weighted by molar-refractivity contribution is 5.94. The second kappa shape index (κ2) is 4.12. The third-order valence-electron chi connectivity index (χ3n) is 3.54. The number of aromatic hydroxyl groups is 1. The standard InChI is InChI=1S/C14H15N3O2/c1-8-13-11(9-4-3-5-10(18)6-9)7-12(19)15-14(13)17(2)16-8/h3-6,11,18H,7H2,1-2H3,(H,15,19)/t11-/m0/s1. The van der Waals surface area contributed by atoms with Gasteiger partial charge in [0.2, 0.25) is 5.91 Å². The van der Waals surface area contributed by atoms with Crippen LogP contribution in [-0.2, 0) is 11.8 Å². The number of aryl methyl sites for hydroxylation is 2. The van der Waals surface area contributed by atoms with Crippen molar-refractivity contribution in [3.05, 3.63) is 41.1 Å². The molecule has 2 aromatic rings. The van der Waals surface area contributed by atoms with Crippen LogP contribution in [0.15, 0.2) is 24.3 Å². The maximum Gasteiger partial charge on any atom is 0.226 e. The SMILES string of the molecule is Cc1nn(C)c2c1[C@H](c1cccc(O)c1)CC(=O)N2. The molecule has 1 aromatic carbocycles. The van der Waals surface area contributed by atoms with Crippen molar-refractivity contribution in [3.63, 3.8) is 0 Å². The van der Waals surface area contributed by atoms with Gasteiger partial charge < -0.3 is 10.4 Å². The van der Waals surface area contributed by atoms with Gasteiger partial charge in [0, 0.05) is 24.9 Å². The number of amides is 1. The van der Waals surface area contributed by atoms with Gasteiger partial charge in [-0.05, 0) is 24.6 Å². The van der Waals surface area contributed by atoms with Gasteiger partial charge in [0.1, 0.15) is 11.6 Å². The zero-order valence-electron chi connectivity index (χ0n) is 10.8. The van der Waals surface area contributed by atoms with Crippen molar-refractivity contribution in [2.75, 3.05) is 5.32 Å². The maximum absolute atomic E-state index is 11.8. The van der Waals surface area contributed by atoms with Crippen LogP contribution in [0.3, 0.4) is 0 Å². The van der Waals surface area contributed by atoms with Crippen LogP contribution in [0.2, 0.25) is 0 Å². The number of phenols is 1. The number of fused-ring (bicyclic) bond motifs is 1. The van der Waals surface area contributed by atoms with E-state index in [1.165, 1.54) is 0 Å². The second-order valence-corrected chi connectivity index (χ2v) is 4.87. The van der Waals surface area contributed by atoms with E-state index >= 15 is 0 Å². The molecule has 3 rings (SSSR count). The average molecular weight is 257 g/mol. The highest BCUT2D eigenvalue weighted by atomic mass is 16.3. The van der Waals surface area contributed by atoms with Crippen LogP contribution in [0.25, 0.3) is 0 Å². The molecule has 0 unspecified atom stereocenters. The van der Waals surface area contributed by atoms with Gasteiger partial charge in [0.25, 0.3) is 0 Å². The molecule has 0 spiro atoms. The molecule has 5 nitrogen and oxygen atoms in total. The highest BCUT2D eigenvalue weighted by Gasteiger charge is 2.31. The molecule has 0 radical (unpaired) electrons. The van der Waals surface area contributed by atoms with E-state index in [2.05, 4.69) is 10.4 Å². The van der Waals surface area contributed by atoms with Crippen molar-refractivity contribution < 1.29 is 9.90 Å². The third-order valence-corrected chi connectivity index (χ3v) is 3.54. The second-order valence-electron chi connectivity index (χ2n) is 4.87. The van der Waals surface area contributed by atoms with Crippen LogP contribution in [0, 0.1) is 6.92 Å². The number of carbonyl (C=O) groups is 1. The minimum Gasteiger partial charge on any atom is -0.508 e. The first kappa shape index (κ1) is 11.8. The van der Waals surface area contributed by atoms with Gasteiger partial charge in [-0.2, -0.15) is 5.10 Å². The Morgan fingerprint density at radius 2 is 2.26 bits per heavy atom. The number of phenolic OH excluding ortho intramolecular Hbond substituents is 1. The van der Waals surface area contributed by atoms with Crippen LogP contribution >= 0.6 is 0 Å². The summed E-state index contributed by atoms with van der Waals surface area (Å²) in [6.07, 6.45) is 0.378. The molecule has 1 aromatic heterocycles. The smallest absolute Gasteiger partial charge is 0.226 e. The lowest BCUT2D eigenvalue weighted by Gasteiger charge is -2.24. The summed E-state index contributed by atoms with van der Waals surface area (Å²) in [5.74, 6) is 0.891. The monoisotopic (exact) mass is 257 g/mol. The van der Waals surface area contributed by atoms with E-state index in [0.29, 0.717) is 6.42 Å². The molecule has 0 fully saturated rings. The fourth-order valence-corrected chi connectivity index (χ4v) is 2.74. The Kier molecular flexibility index (Phi) is 2.55. The molecular formula is C14H15N3O2. The quantitative estimate of drug-likeness (QED) is 0.820. The molecule has 0 bridgehead atoms. The number of hydrogen-bond donors (Lipinski definition) is 2. The molecule has 5 heteroatoms. The Balaban J connectivity index is 2.16. The van der Waals surface area contributed by atoms with Crippen LogP contribution in [0.4, 0.5) is 5.82 Å². The molecule has 0 aliphatic carbocycles. The van der Waals surface area contributed by atoms with E-state index in [4.69, 9.17) is 0 Å². The lowest BCUT2D eigenvalue weighted by molar-refractivity contribution is -0.116. The van der Waals surface area contributed by atoms with Crippen molar-refractivity contribution in [2.24, 2.45) is 7.05 Å². The van der Waals surface area contributed by atoms with Crippen LogP contribution < -0.4 is 5.32 Å². The topological polar surface area (TPSA) is 67.1 Å². The number of nitrogens with zero attached hydrogens (tertiary/aromatic N) is 2. The molecule has 1 amide bonds. The molecule has 2 heterocycles. The van der Waals surface area contributed by atoms with Gasteiger partial charge in [-0.25, -0.2) is 0 Å². The molecular weight excluding hydrogens is 242 g/mol. The lowest BCUT2D eigenvalue weighted by Crippen LogP contribution is -2.24. The summed E-state index contributed by atoms with van der Waals surface area (Å²) in [6, 6.07) is 7.06. The first-order valence-corrected chi connectivity index (χ1v) is 6.18. The largest absolute Gasteiger partial charge is 0.508 e.